The van der Waals surface area contributed by atoms with Crippen LogP contribution in [0.25, 0.3) is 0 Å². The first-order chi connectivity index (χ1) is 17.9. The van der Waals surface area contributed by atoms with Crippen molar-refractivity contribution >= 4 is 5.97 Å². The molecule has 0 aliphatic carbocycles. The lowest BCUT2D eigenvalue weighted by Gasteiger charge is -2.43. The summed E-state index contributed by atoms with van der Waals surface area (Å²) in [6.07, 6.45) is -14.2. The third-order valence-electron chi connectivity index (χ3n) is 6.28. The highest BCUT2D eigenvalue weighted by Crippen LogP contribution is 2.36. The van der Waals surface area contributed by atoms with E-state index < -0.39 is 92.3 Å². The second-order valence-electron chi connectivity index (χ2n) is 9.63. The van der Waals surface area contributed by atoms with Crippen LogP contribution >= 0.6 is 0 Å². The fourth-order valence-corrected chi connectivity index (χ4v) is 4.06. The van der Waals surface area contributed by atoms with E-state index in [9.17, 15) is 45.6 Å². The van der Waals surface area contributed by atoms with Gasteiger partial charge in [-0.2, -0.15) is 0 Å². The van der Waals surface area contributed by atoms with Gasteiger partial charge in [-0.3, -0.25) is 4.79 Å². The van der Waals surface area contributed by atoms with Crippen molar-refractivity contribution in [2.45, 2.75) is 107 Å². The molecule has 0 aromatic carbocycles. The van der Waals surface area contributed by atoms with Gasteiger partial charge in [-0.1, -0.05) is 6.92 Å². The summed E-state index contributed by atoms with van der Waals surface area (Å²) in [7, 11) is 0. The van der Waals surface area contributed by atoms with Crippen LogP contribution in [0.15, 0.2) is 0 Å². The molecular weight excluding hydrogens is 516 g/mol. The van der Waals surface area contributed by atoms with E-state index in [1.807, 2.05) is 6.92 Å². The monoisotopic (exact) mass is 558 g/mol. The van der Waals surface area contributed by atoms with Crippen LogP contribution in [0.4, 0.5) is 0 Å². The molecule has 0 amide bonds. The molecule has 0 spiro atoms. The van der Waals surface area contributed by atoms with Crippen molar-refractivity contribution < 1.29 is 74.1 Å². The summed E-state index contributed by atoms with van der Waals surface area (Å²) in [5, 5.41) is 79.6. The zero-order chi connectivity index (χ0) is 28.6. The number of carbonyl (C=O) groups excluding carboxylic acids is 1. The molecule has 224 valence electrons. The van der Waals surface area contributed by atoms with Crippen LogP contribution in [0.2, 0.25) is 0 Å². The second-order valence-corrected chi connectivity index (χ2v) is 9.63. The predicted molar refractivity (Wildman–Crippen MR) is 124 cm³/mol. The van der Waals surface area contributed by atoms with Gasteiger partial charge in [0.2, 0.25) is 5.79 Å². The Morgan fingerprint density at radius 3 is 2.24 bits per heavy atom. The molecular formula is C23H42O15. The lowest BCUT2D eigenvalue weighted by Crippen LogP contribution is -2.62. The minimum absolute atomic E-state index is 0.0154. The van der Waals surface area contributed by atoms with Crippen molar-refractivity contribution in [3.8, 4) is 0 Å². The average Bonchev–Trinajstić information content (AvgIpc) is 3.11. The molecule has 0 radical (unpaired) electrons. The Morgan fingerprint density at radius 2 is 1.66 bits per heavy atom. The molecule has 15 heteroatoms. The van der Waals surface area contributed by atoms with E-state index in [0.717, 1.165) is 0 Å². The highest BCUT2D eigenvalue weighted by atomic mass is 16.8. The fourth-order valence-electron chi connectivity index (χ4n) is 4.06. The SMILES string of the molecule is CCC(CC(=O)OC(C)COC[C@H]1O[C@@](CO)(O[C@H]2OC(CO)[C@@H](O)[C@H](O)C2O)[C@H](O)C1O)OCC(C)O. The molecule has 2 fully saturated rings. The van der Waals surface area contributed by atoms with Crippen LogP contribution in [0.3, 0.4) is 0 Å². The third-order valence-corrected chi connectivity index (χ3v) is 6.28. The van der Waals surface area contributed by atoms with Gasteiger partial charge in [-0.25, -0.2) is 0 Å². The van der Waals surface area contributed by atoms with Gasteiger partial charge in [0.1, 0.15) is 55.4 Å². The van der Waals surface area contributed by atoms with Crippen molar-refractivity contribution in [1.82, 2.24) is 0 Å². The predicted octanol–water partition coefficient (Wildman–Crippen LogP) is -3.87. The number of aliphatic hydroxyl groups is 8. The summed E-state index contributed by atoms with van der Waals surface area (Å²) >= 11 is 0. The molecule has 12 atom stereocenters. The minimum atomic E-state index is -2.29. The summed E-state index contributed by atoms with van der Waals surface area (Å²) in [5.74, 6) is -2.82. The first-order valence-corrected chi connectivity index (χ1v) is 12.6. The van der Waals surface area contributed by atoms with Gasteiger partial charge in [-0.05, 0) is 20.3 Å². The van der Waals surface area contributed by atoms with E-state index in [-0.39, 0.29) is 26.2 Å². The highest BCUT2D eigenvalue weighted by molar-refractivity contribution is 5.70. The Balaban J connectivity index is 1.87. The van der Waals surface area contributed by atoms with Gasteiger partial charge in [-0.15, -0.1) is 0 Å². The summed E-state index contributed by atoms with van der Waals surface area (Å²) in [4.78, 5) is 12.2. The number of rotatable bonds is 15. The average molecular weight is 559 g/mol. The van der Waals surface area contributed by atoms with Gasteiger partial charge in [0, 0.05) is 0 Å². The van der Waals surface area contributed by atoms with Crippen LogP contribution in [0, 0.1) is 0 Å². The Morgan fingerprint density at radius 1 is 0.974 bits per heavy atom. The van der Waals surface area contributed by atoms with Crippen molar-refractivity contribution in [2.75, 3.05) is 33.0 Å². The standard InChI is InChI=1S/C23H42O15/c1-4-13(34-7-11(2)26)5-16(27)35-12(3)8-33-9-15-18(29)21(32)23(10-25,37-15)38-22-20(31)19(30)17(28)14(6-24)36-22/h11-15,17-22,24-26,28-32H,4-10H2,1-3H3/t11?,12?,13?,14?,15-,17-,18?,19+,20?,21-,22-,23+/m1/s1. The number of carbonyl (C=O) groups is 1. The molecule has 0 saturated carbocycles. The van der Waals surface area contributed by atoms with E-state index in [4.69, 9.17) is 28.4 Å². The molecule has 2 rings (SSSR count). The molecule has 15 nitrogen and oxygen atoms in total. The van der Waals surface area contributed by atoms with Crippen LogP contribution in [0.1, 0.15) is 33.6 Å². The number of ether oxygens (including phenoxy) is 6. The molecule has 38 heavy (non-hydrogen) atoms. The van der Waals surface area contributed by atoms with Gasteiger partial charge in [0.25, 0.3) is 0 Å². The molecule has 0 aromatic rings. The first-order valence-electron chi connectivity index (χ1n) is 12.6. The minimum Gasteiger partial charge on any atom is -0.460 e. The van der Waals surface area contributed by atoms with E-state index in [0.29, 0.717) is 6.42 Å². The zero-order valence-corrected chi connectivity index (χ0v) is 21.7. The Kier molecular flexibility index (Phi) is 13.2. The maximum atomic E-state index is 12.2. The molecule has 6 unspecified atom stereocenters. The van der Waals surface area contributed by atoms with Crippen LogP contribution in [-0.4, -0.2) is 153 Å². The van der Waals surface area contributed by atoms with E-state index in [1.165, 1.54) is 0 Å². The van der Waals surface area contributed by atoms with Crippen molar-refractivity contribution in [3.05, 3.63) is 0 Å². The summed E-state index contributed by atoms with van der Waals surface area (Å²) < 4.78 is 32.4. The lowest BCUT2D eigenvalue weighted by molar-refractivity contribution is -0.383. The summed E-state index contributed by atoms with van der Waals surface area (Å²) in [5.41, 5.74) is 0. The smallest absolute Gasteiger partial charge is 0.308 e. The molecule has 0 bridgehead atoms. The zero-order valence-electron chi connectivity index (χ0n) is 21.7. The van der Waals surface area contributed by atoms with Crippen LogP contribution < -0.4 is 0 Å². The topological polar surface area (TPSA) is 234 Å². The number of hydrogen-bond donors (Lipinski definition) is 8. The number of aliphatic hydroxyl groups excluding tert-OH is 8. The summed E-state index contributed by atoms with van der Waals surface area (Å²) in [6.45, 7) is 2.94. The van der Waals surface area contributed by atoms with E-state index in [1.54, 1.807) is 13.8 Å². The Hall–Kier alpha value is -1.05. The van der Waals surface area contributed by atoms with Crippen LogP contribution in [-0.2, 0) is 33.2 Å². The number of hydrogen-bond acceptors (Lipinski definition) is 15. The van der Waals surface area contributed by atoms with Crippen molar-refractivity contribution in [3.63, 3.8) is 0 Å². The van der Waals surface area contributed by atoms with Gasteiger partial charge in [0.05, 0.1) is 45.1 Å². The summed E-state index contributed by atoms with van der Waals surface area (Å²) in [6, 6.07) is 0. The first kappa shape index (κ1) is 33.2. The molecule has 0 aromatic heterocycles. The second kappa shape index (κ2) is 15.1. The normalized spacial score (nSPS) is 38.1. The largest absolute Gasteiger partial charge is 0.460 e. The van der Waals surface area contributed by atoms with Gasteiger partial charge < -0.3 is 69.3 Å². The molecule has 2 saturated heterocycles. The third kappa shape index (κ3) is 8.47. The maximum Gasteiger partial charge on any atom is 0.308 e. The molecule has 2 aliphatic heterocycles. The Bertz CT molecular complexity index is 708. The fraction of sp³-hybridized carbons (Fsp3) is 0.957. The quantitative estimate of drug-likeness (QED) is 0.0898. The van der Waals surface area contributed by atoms with Gasteiger partial charge >= 0.3 is 5.97 Å². The maximum absolute atomic E-state index is 12.2. The van der Waals surface area contributed by atoms with Gasteiger partial charge in [0.15, 0.2) is 6.29 Å². The van der Waals surface area contributed by atoms with Crippen LogP contribution in [0.5, 0.6) is 0 Å². The van der Waals surface area contributed by atoms with E-state index >= 15 is 0 Å². The van der Waals surface area contributed by atoms with Crippen molar-refractivity contribution in [1.29, 1.82) is 0 Å². The molecule has 2 aliphatic rings. The highest BCUT2D eigenvalue weighted by Gasteiger charge is 2.58. The lowest BCUT2D eigenvalue weighted by atomic mass is 9.99. The number of esters is 1. The molecule has 8 N–H and O–H groups in total. The van der Waals surface area contributed by atoms with E-state index in [2.05, 4.69) is 0 Å². The van der Waals surface area contributed by atoms with Crippen molar-refractivity contribution in [2.24, 2.45) is 0 Å². The molecule has 2 heterocycles. The Labute approximate surface area is 220 Å².